The van der Waals surface area contributed by atoms with Crippen LogP contribution in [0.4, 0.5) is 0 Å². The van der Waals surface area contributed by atoms with Crippen LogP contribution >= 0.6 is 0 Å². The minimum Gasteiger partial charge on any atom is -0.496 e. The molecule has 7 heteroatoms. The fourth-order valence-corrected chi connectivity index (χ4v) is 3.42. The van der Waals surface area contributed by atoms with E-state index in [0.717, 1.165) is 0 Å². The number of pyridine rings is 1. The van der Waals surface area contributed by atoms with Crippen molar-refractivity contribution >= 4 is 11.9 Å². The number of carboxylic acids is 1. The number of amides is 1. The minimum atomic E-state index is -0.932. The molecule has 3 rings (SSSR count). The highest BCUT2D eigenvalue weighted by Gasteiger charge is 2.37. The molecule has 1 N–H and O–H groups in total. The van der Waals surface area contributed by atoms with E-state index in [4.69, 9.17) is 14.6 Å². The fraction of sp³-hybridized carbons (Fsp3) is 0.350. The van der Waals surface area contributed by atoms with Gasteiger partial charge < -0.3 is 19.5 Å². The number of rotatable bonds is 6. The van der Waals surface area contributed by atoms with Gasteiger partial charge >= 0.3 is 5.97 Å². The first-order valence-corrected chi connectivity index (χ1v) is 8.68. The Morgan fingerprint density at radius 2 is 2.07 bits per heavy atom. The first kappa shape index (κ1) is 18.8. The molecule has 1 amide bonds. The number of benzene rings is 1. The van der Waals surface area contributed by atoms with Crippen molar-refractivity contribution in [3.05, 3.63) is 48.2 Å². The molecule has 1 fully saturated rings. The third-order valence-electron chi connectivity index (χ3n) is 4.77. The van der Waals surface area contributed by atoms with Gasteiger partial charge in [-0.15, -0.1) is 0 Å². The second-order valence-electron chi connectivity index (χ2n) is 6.43. The van der Waals surface area contributed by atoms with Gasteiger partial charge in [0.05, 0.1) is 25.3 Å². The number of carbonyl (C=O) groups is 2. The Hall–Kier alpha value is -2.93. The number of nitrogens with zero attached hydrogens (tertiary/aromatic N) is 2. The Morgan fingerprint density at radius 1 is 1.26 bits per heavy atom. The molecule has 1 aromatic heterocycles. The summed E-state index contributed by atoms with van der Waals surface area (Å²) in [4.78, 5) is 30.2. The van der Waals surface area contributed by atoms with Crippen LogP contribution in [0.25, 0.3) is 11.3 Å². The Morgan fingerprint density at radius 3 is 2.70 bits per heavy atom. The maximum atomic E-state index is 13.1. The zero-order valence-electron chi connectivity index (χ0n) is 15.3. The lowest BCUT2D eigenvalue weighted by atomic mass is 10.0. The summed E-state index contributed by atoms with van der Waals surface area (Å²) in [6, 6.07) is 10.3. The van der Waals surface area contributed by atoms with E-state index in [1.165, 1.54) is 0 Å². The molecule has 142 valence electrons. The quantitative estimate of drug-likeness (QED) is 0.840. The Bertz CT molecular complexity index is 824. The monoisotopic (exact) mass is 370 g/mol. The average molecular weight is 370 g/mol. The highest BCUT2D eigenvalue weighted by molar-refractivity contribution is 5.96. The van der Waals surface area contributed by atoms with Crippen molar-refractivity contribution in [3.63, 3.8) is 0 Å². The van der Waals surface area contributed by atoms with Crippen LogP contribution in [-0.4, -0.2) is 59.8 Å². The van der Waals surface area contributed by atoms with Gasteiger partial charge in [0.2, 0.25) is 0 Å². The Kier molecular flexibility index (Phi) is 5.71. The van der Waals surface area contributed by atoms with E-state index in [2.05, 4.69) is 4.98 Å². The summed E-state index contributed by atoms with van der Waals surface area (Å²) >= 11 is 0. The molecular weight excluding hydrogens is 348 g/mol. The third-order valence-corrected chi connectivity index (χ3v) is 4.77. The topological polar surface area (TPSA) is 89.0 Å². The van der Waals surface area contributed by atoms with Gasteiger partial charge in [-0.05, 0) is 36.8 Å². The highest BCUT2D eigenvalue weighted by atomic mass is 16.5. The van der Waals surface area contributed by atoms with Gasteiger partial charge in [0.15, 0.2) is 0 Å². The molecule has 1 aliphatic rings. The molecule has 1 aromatic carbocycles. The molecule has 2 heterocycles. The normalized spacial score (nSPS) is 19.1. The molecule has 1 aliphatic heterocycles. The van der Waals surface area contributed by atoms with E-state index in [1.54, 1.807) is 43.5 Å². The van der Waals surface area contributed by atoms with E-state index in [-0.39, 0.29) is 24.5 Å². The van der Waals surface area contributed by atoms with Gasteiger partial charge in [-0.2, -0.15) is 0 Å². The number of hydrogen-bond acceptors (Lipinski definition) is 5. The molecular formula is C20H22N2O5. The fourth-order valence-electron chi connectivity index (χ4n) is 3.42. The van der Waals surface area contributed by atoms with Crippen LogP contribution in [0.2, 0.25) is 0 Å². The van der Waals surface area contributed by atoms with Crippen molar-refractivity contribution in [1.29, 1.82) is 0 Å². The van der Waals surface area contributed by atoms with Crippen molar-refractivity contribution in [2.45, 2.75) is 25.0 Å². The van der Waals surface area contributed by atoms with Crippen LogP contribution < -0.4 is 4.74 Å². The number of methoxy groups -OCH3 is 2. The van der Waals surface area contributed by atoms with Gasteiger partial charge in [-0.25, -0.2) is 0 Å². The molecule has 0 spiro atoms. The number of carboxylic acid groups (broad SMARTS) is 1. The van der Waals surface area contributed by atoms with E-state index in [0.29, 0.717) is 35.5 Å². The number of aliphatic carboxylic acids is 1. The third kappa shape index (κ3) is 4.09. The van der Waals surface area contributed by atoms with E-state index >= 15 is 0 Å². The van der Waals surface area contributed by atoms with Crippen molar-refractivity contribution in [3.8, 4) is 17.0 Å². The summed E-state index contributed by atoms with van der Waals surface area (Å²) in [5.41, 5.74) is 1.87. The first-order valence-electron chi connectivity index (χ1n) is 8.68. The lowest BCUT2D eigenvalue weighted by molar-refractivity contribution is -0.137. The molecule has 2 atom stereocenters. The van der Waals surface area contributed by atoms with Crippen LogP contribution in [0.5, 0.6) is 5.75 Å². The molecule has 1 saturated heterocycles. The van der Waals surface area contributed by atoms with Crippen LogP contribution in [-0.2, 0) is 9.53 Å². The Labute approximate surface area is 157 Å². The molecule has 7 nitrogen and oxygen atoms in total. The van der Waals surface area contributed by atoms with Gasteiger partial charge in [0.25, 0.3) is 5.91 Å². The average Bonchev–Trinajstić information content (AvgIpc) is 3.09. The van der Waals surface area contributed by atoms with Gasteiger partial charge in [-0.3, -0.25) is 14.6 Å². The summed E-state index contributed by atoms with van der Waals surface area (Å²) in [5, 5.41) is 9.16. The van der Waals surface area contributed by atoms with Gasteiger partial charge in [-0.1, -0.05) is 6.07 Å². The Balaban J connectivity index is 1.93. The van der Waals surface area contributed by atoms with Crippen molar-refractivity contribution in [2.75, 3.05) is 20.8 Å². The molecule has 0 aliphatic carbocycles. The maximum absolute atomic E-state index is 13.1. The smallest absolute Gasteiger partial charge is 0.305 e. The van der Waals surface area contributed by atoms with Crippen LogP contribution in [0.1, 0.15) is 23.2 Å². The maximum Gasteiger partial charge on any atom is 0.305 e. The van der Waals surface area contributed by atoms with E-state index in [1.807, 2.05) is 18.2 Å². The predicted octanol–water partition coefficient (Wildman–Crippen LogP) is 2.46. The zero-order valence-corrected chi connectivity index (χ0v) is 15.3. The number of aromatic nitrogens is 1. The summed E-state index contributed by atoms with van der Waals surface area (Å²) in [7, 11) is 3.14. The second-order valence-corrected chi connectivity index (χ2v) is 6.43. The summed E-state index contributed by atoms with van der Waals surface area (Å²) in [5.74, 6) is -0.539. The second kappa shape index (κ2) is 8.18. The number of hydrogen-bond donors (Lipinski definition) is 1. The zero-order chi connectivity index (χ0) is 19.4. The van der Waals surface area contributed by atoms with E-state index < -0.39 is 5.97 Å². The van der Waals surface area contributed by atoms with Gasteiger partial charge in [0.1, 0.15) is 5.75 Å². The number of likely N-dealkylation sites (tertiary alicyclic amines) is 1. The van der Waals surface area contributed by atoms with Crippen LogP contribution in [0.3, 0.4) is 0 Å². The SMILES string of the molecule is COc1ccc(C(=O)N2CC(OC)CC2CC(=O)O)cc1-c1ccccn1. The standard InChI is InChI=1S/C20H22N2O5/c1-26-15-10-14(11-19(23)24)22(12-15)20(25)13-6-7-18(27-2)16(9-13)17-5-3-4-8-21-17/h3-9,14-15H,10-12H2,1-2H3,(H,23,24). The summed E-state index contributed by atoms with van der Waals surface area (Å²) in [6.45, 7) is 0.373. The van der Waals surface area contributed by atoms with Gasteiger partial charge in [0, 0.05) is 37.0 Å². The largest absolute Gasteiger partial charge is 0.496 e. The summed E-state index contributed by atoms with van der Waals surface area (Å²) in [6.07, 6.45) is 1.93. The summed E-state index contributed by atoms with van der Waals surface area (Å²) < 4.78 is 10.8. The molecule has 27 heavy (non-hydrogen) atoms. The minimum absolute atomic E-state index is 0.102. The number of carbonyl (C=O) groups excluding carboxylic acids is 1. The van der Waals surface area contributed by atoms with Crippen LogP contribution in [0.15, 0.2) is 42.6 Å². The first-order chi connectivity index (χ1) is 13.0. The number of ether oxygens (including phenoxy) is 2. The van der Waals surface area contributed by atoms with Crippen molar-refractivity contribution in [2.24, 2.45) is 0 Å². The predicted molar refractivity (Wildman–Crippen MR) is 98.7 cm³/mol. The van der Waals surface area contributed by atoms with Crippen molar-refractivity contribution in [1.82, 2.24) is 9.88 Å². The molecule has 2 aromatic rings. The van der Waals surface area contributed by atoms with Crippen LogP contribution in [0, 0.1) is 0 Å². The lowest BCUT2D eigenvalue weighted by Crippen LogP contribution is -2.37. The molecule has 0 bridgehead atoms. The molecule has 0 radical (unpaired) electrons. The molecule has 0 saturated carbocycles. The lowest BCUT2D eigenvalue weighted by Gasteiger charge is -2.23. The van der Waals surface area contributed by atoms with E-state index in [9.17, 15) is 9.59 Å². The highest BCUT2D eigenvalue weighted by Crippen LogP contribution is 2.31. The molecule has 2 unspecified atom stereocenters. The van der Waals surface area contributed by atoms with Crippen molar-refractivity contribution < 1.29 is 24.2 Å².